The van der Waals surface area contributed by atoms with E-state index < -0.39 is 4.92 Å². The summed E-state index contributed by atoms with van der Waals surface area (Å²) in [6, 6.07) is 9.90. The van der Waals surface area contributed by atoms with Gasteiger partial charge in [0.1, 0.15) is 0 Å². The maximum Gasteiger partial charge on any atom is 0.269 e. The van der Waals surface area contributed by atoms with Crippen molar-refractivity contribution < 1.29 is 9.72 Å². The van der Waals surface area contributed by atoms with Gasteiger partial charge in [-0.1, -0.05) is 18.2 Å². The lowest BCUT2D eigenvalue weighted by Crippen LogP contribution is -2.24. The van der Waals surface area contributed by atoms with Gasteiger partial charge in [0, 0.05) is 17.0 Å². The number of thiophene rings is 1. The van der Waals surface area contributed by atoms with Crippen molar-refractivity contribution in [1.82, 2.24) is 5.32 Å². The second kappa shape index (κ2) is 6.10. The molecule has 0 saturated heterocycles. The fourth-order valence-corrected chi connectivity index (χ4v) is 2.23. The number of nitrogens with one attached hydrogen (secondary N) is 1. The molecular weight excluding hydrogens is 264 g/mol. The highest BCUT2D eigenvalue weighted by Gasteiger charge is 2.07. The minimum atomic E-state index is -0.458. The maximum absolute atomic E-state index is 11.7. The van der Waals surface area contributed by atoms with Crippen molar-refractivity contribution in [3.8, 4) is 0 Å². The van der Waals surface area contributed by atoms with Gasteiger partial charge in [0.25, 0.3) is 5.69 Å². The van der Waals surface area contributed by atoms with Crippen LogP contribution in [-0.4, -0.2) is 10.8 Å². The Morgan fingerprint density at radius 2 is 2.00 bits per heavy atom. The van der Waals surface area contributed by atoms with Gasteiger partial charge < -0.3 is 5.32 Å². The first kappa shape index (κ1) is 13.2. The zero-order chi connectivity index (χ0) is 13.7. The lowest BCUT2D eigenvalue weighted by molar-refractivity contribution is -0.384. The molecular formula is C13H12N2O3S. The van der Waals surface area contributed by atoms with E-state index in [-0.39, 0.29) is 18.0 Å². The molecule has 0 aliphatic carbocycles. The zero-order valence-electron chi connectivity index (χ0n) is 10.0. The van der Waals surface area contributed by atoms with Crippen molar-refractivity contribution >= 4 is 22.9 Å². The summed E-state index contributed by atoms with van der Waals surface area (Å²) in [5, 5.41) is 15.3. The predicted octanol–water partition coefficient (Wildman–Crippen LogP) is 2.52. The molecule has 0 atom stereocenters. The fourth-order valence-electron chi connectivity index (χ4n) is 1.58. The molecule has 0 aliphatic heterocycles. The van der Waals surface area contributed by atoms with Gasteiger partial charge in [-0.25, -0.2) is 0 Å². The molecule has 0 aliphatic rings. The number of carbonyl (C=O) groups excluding carboxylic acids is 1. The number of nitrogens with zero attached hydrogens (tertiary/aromatic N) is 1. The van der Waals surface area contributed by atoms with Gasteiger partial charge in [0.15, 0.2) is 0 Å². The number of nitro groups is 1. The van der Waals surface area contributed by atoms with E-state index in [9.17, 15) is 14.9 Å². The average Bonchev–Trinajstić information content (AvgIpc) is 2.90. The van der Waals surface area contributed by atoms with Crippen molar-refractivity contribution in [2.75, 3.05) is 0 Å². The molecule has 5 nitrogen and oxygen atoms in total. The van der Waals surface area contributed by atoms with Crippen LogP contribution in [0.5, 0.6) is 0 Å². The van der Waals surface area contributed by atoms with Crippen LogP contribution in [0.25, 0.3) is 0 Å². The molecule has 1 amide bonds. The van der Waals surface area contributed by atoms with Gasteiger partial charge in [0.05, 0.1) is 17.9 Å². The highest BCUT2D eigenvalue weighted by Crippen LogP contribution is 2.12. The van der Waals surface area contributed by atoms with Crippen molar-refractivity contribution in [2.24, 2.45) is 0 Å². The van der Waals surface area contributed by atoms with E-state index >= 15 is 0 Å². The van der Waals surface area contributed by atoms with Crippen LogP contribution in [0.4, 0.5) is 5.69 Å². The molecule has 0 fully saturated rings. The number of non-ortho nitro benzene ring substituents is 1. The maximum atomic E-state index is 11.7. The molecule has 1 aromatic carbocycles. The highest BCUT2D eigenvalue weighted by atomic mass is 32.1. The number of amides is 1. The number of rotatable bonds is 5. The van der Waals surface area contributed by atoms with E-state index in [0.717, 1.165) is 10.4 Å². The largest absolute Gasteiger partial charge is 0.351 e. The quantitative estimate of drug-likeness (QED) is 0.673. The molecule has 19 heavy (non-hydrogen) atoms. The minimum absolute atomic E-state index is 0.0303. The predicted molar refractivity (Wildman–Crippen MR) is 73.0 cm³/mol. The summed E-state index contributed by atoms with van der Waals surface area (Å²) in [5.74, 6) is -0.0951. The molecule has 2 rings (SSSR count). The highest BCUT2D eigenvalue weighted by molar-refractivity contribution is 7.09. The topological polar surface area (TPSA) is 72.2 Å². The third kappa shape index (κ3) is 3.89. The molecule has 0 saturated carbocycles. The van der Waals surface area contributed by atoms with Crippen molar-refractivity contribution in [1.29, 1.82) is 0 Å². The number of hydrogen-bond acceptors (Lipinski definition) is 4. The fraction of sp³-hybridized carbons (Fsp3) is 0.154. The molecule has 0 unspecified atom stereocenters. The summed E-state index contributed by atoms with van der Waals surface area (Å²) in [7, 11) is 0. The first-order valence-electron chi connectivity index (χ1n) is 5.67. The van der Waals surface area contributed by atoms with Crippen LogP contribution in [0.1, 0.15) is 10.4 Å². The van der Waals surface area contributed by atoms with Gasteiger partial charge in [-0.05, 0) is 17.0 Å². The SMILES string of the molecule is O=C(Cc1ccc([N+](=O)[O-])cc1)NCc1cccs1. The zero-order valence-corrected chi connectivity index (χ0v) is 10.9. The number of hydrogen-bond donors (Lipinski definition) is 1. The summed E-state index contributed by atoms with van der Waals surface area (Å²) in [6.45, 7) is 0.517. The van der Waals surface area contributed by atoms with Gasteiger partial charge >= 0.3 is 0 Å². The summed E-state index contributed by atoms with van der Waals surface area (Å²) in [4.78, 5) is 22.8. The van der Waals surface area contributed by atoms with Crippen LogP contribution in [0.15, 0.2) is 41.8 Å². The third-order valence-corrected chi connectivity index (χ3v) is 3.43. The van der Waals surface area contributed by atoms with E-state index in [2.05, 4.69) is 5.32 Å². The number of carbonyl (C=O) groups is 1. The summed E-state index contributed by atoms with van der Waals surface area (Å²) in [6.07, 6.45) is 0.226. The van der Waals surface area contributed by atoms with E-state index in [1.165, 1.54) is 12.1 Å². The van der Waals surface area contributed by atoms with Crippen molar-refractivity contribution in [3.05, 3.63) is 62.3 Å². The molecule has 0 bridgehead atoms. The Hall–Kier alpha value is -2.21. The second-order valence-corrected chi connectivity index (χ2v) is 4.99. The van der Waals surface area contributed by atoms with Crippen LogP contribution in [0, 0.1) is 10.1 Å². The Labute approximate surface area is 114 Å². The van der Waals surface area contributed by atoms with Gasteiger partial charge in [-0.15, -0.1) is 11.3 Å². The van der Waals surface area contributed by atoms with Gasteiger partial charge in [-0.2, -0.15) is 0 Å². The average molecular weight is 276 g/mol. The normalized spacial score (nSPS) is 10.1. The molecule has 1 aromatic heterocycles. The number of benzene rings is 1. The summed E-state index contributed by atoms with van der Waals surface area (Å²) in [5.41, 5.74) is 0.789. The Morgan fingerprint density at radius 3 is 2.58 bits per heavy atom. The summed E-state index contributed by atoms with van der Waals surface area (Å²) < 4.78 is 0. The molecule has 0 spiro atoms. The van der Waals surface area contributed by atoms with Crippen LogP contribution in [-0.2, 0) is 17.8 Å². The first-order valence-corrected chi connectivity index (χ1v) is 6.55. The van der Waals surface area contributed by atoms with Crippen molar-refractivity contribution in [3.63, 3.8) is 0 Å². The molecule has 2 aromatic rings. The Kier molecular flexibility index (Phi) is 4.25. The van der Waals surface area contributed by atoms with Crippen LogP contribution >= 0.6 is 11.3 Å². The van der Waals surface area contributed by atoms with Crippen LogP contribution in [0.3, 0.4) is 0 Å². The lowest BCUT2D eigenvalue weighted by Gasteiger charge is -2.03. The molecule has 98 valence electrons. The molecule has 0 radical (unpaired) electrons. The molecule has 1 N–H and O–H groups in total. The third-order valence-electron chi connectivity index (χ3n) is 2.55. The summed E-state index contributed by atoms with van der Waals surface area (Å²) >= 11 is 1.59. The van der Waals surface area contributed by atoms with Gasteiger partial charge in [0.2, 0.25) is 5.91 Å². The van der Waals surface area contributed by atoms with Crippen molar-refractivity contribution in [2.45, 2.75) is 13.0 Å². The van der Waals surface area contributed by atoms with E-state index in [4.69, 9.17) is 0 Å². The lowest BCUT2D eigenvalue weighted by atomic mass is 10.1. The standard InChI is InChI=1S/C13H12N2O3S/c16-13(14-9-12-2-1-7-19-12)8-10-3-5-11(6-4-10)15(17)18/h1-7H,8-9H2,(H,14,16). The van der Waals surface area contributed by atoms with Crippen LogP contribution in [0.2, 0.25) is 0 Å². The number of nitro benzene ring substituents is 1. The Morgan fingerprint density at radius 1 is 1.26 bits per heavy atom. The minimum Gasteiger partial charge on any atom is -0.351 e. The van der Waals surface area contributed by atoms with E-state index in [0.29, 0.717) is 6.54 Å². The Balaban J connectivity index is 1.86. The Bertz CT molecular complexity index is 564. The smallest absolute Gasteiger partial charge is 0.269 e. The van der Waals surface area contributed by atoms with E-state index in [1.54, 1.807) is 23.5 Å². The van der Waals surface area contributed by atoms with Crippen LogP contribution < -0.4 is 5.32 Å². The first-order chi connectivity index (χ1) is 9.15. The second-order valence-electron chi connectivity index (χ2n) is 3.96. The monoisotopic (exact) mass is 276 g/mol. The molecule has 6 heteroatoms. The van der Waals surface area contributed by atoms with E-state index in [1.807, 2.05) is 17.5 Å². The molecule has 1 heterocycles. The van der Waals surface area contributed by atoms with Gasteiger partial charge in [-0.3, -0.25) is 14.9 Å².